The monoisotopic (exact) mass is 447 g/mol. The van der Waals surface area contributed by atoms with E-state index in [0.29, 0.717) is 23.1 Å². The highest BCUT2D eigenvalue weighted by molar-refractivity contribution is 8.00. The van der Waals surface area contributed by atoms with E-state index in [1.54, 1.807) is 11.3 Å². The SMILES string of the molecule is CC1CCCN(c2nc3ncnc(SCC(=O)NCc4ccccc4Cl)c3s2)C1. The molecule has 3 aromatic rings. The van der Waals surface area contributed by atoms with Gasteiger partial charge in [-0.25, -0.2) is 9.97 Å². The van der Waals surface area contributed by atoms with Gasteiger partial charge in [0.1, 0.15) is 16.1 Å². The van der Waals surface area contributed by atoms with Crippen LogP contribution in [-0.2, 0) is 11.3 Å². The third-order valence-corrected chi connectivity index (χ3v) is 7.45. The van der Waals surface area contributed by atoms with E-state index >= 15 is 0 Å². The van der Waals surface area contributed by atoms with E-state index in [1.165, 1.54) is 30.9 Å². The largest absolute Gasteiger partial charge is 0.351 e. The Morgan fingerprint density at radius 3 is 3.07 bits per heavy atom. The molecular formula is C20H22ClN5OS2. The molecule has 0 radical (unpaired) electrons. The molecule has 152 valence electrons. The molecule has 1 aromatic carbocycles. The number of fused-ring (bicyclic) bond motifs is 1. The molecule has 2 aromatic heterocycles. The van der Waals surface area contributed by atoms with Gasteiger partial charge in [0.2, 0.25) is 5.91 Å². The molecule has 1 amide bonds. The molecule has 1 fully saturated rings. The van der Waals surface area contributed by atoms with Gasteiger partial charge in [-0.1, -0.05) is 59.8 Å². The topological polar surface area (TPSA) is 71.0 Å². The van der Waals surface area contributed by atoms with E-state index in [4.69, 9.17) is 16.6 Å². The van der Waals surface area contributed by atoms with E-state index in [-0.39, 0.29) is 11.7 Å². The predicted octanol–water partition coefficient (Wildman–Crippen LogP) is 4.38. The molecule has 4 rings (SSSR count). The third-order valence-electron chi connectivity index (χ3n) is 4.85. The lowest BCUT2D eigenvalue weighted by atomic mass is 10.0. The van der Waals surface area contributed by atoms with Crippen molar-refractivity contribution < 1.29 is 4.79 Å². The molecule has 0 bridgehead atoms. The number of thioether (sulfide) groups is 1. The van der Waals surface area contributed by atoms with Gasteiger partial charge < -0.3 is 10.2 Å². The van der Waals surface area contributed by atoms with Crippen LogP contribution in [0.2, 0.25) is 5.02 Å². The lowest BCUT2D eigenvalue weighted by molar-refractivity contribution is -0.118. The fourth-order valence-corrected chi connectivity index (χ4v) is 5.50. The quantitative estimate of drug-likeness (QED) is 0.446. The van der Waals surface area contributed by atoms with Gasteiger partial charge in [0.25, 0.3) is 0 Å². The van der Waals surface area contributed by atoms with Crippen molar-refractivity contribution >= 4 is 56.1 Å². The number of benzene rings is 1. The first-order valence-corrected chi connectivity index (χ1v) is 11.8. The van der Waals surface area contributed by atoms with Gasteiger partial charge in [0.05, 0.1) is 5.75 Å². The number of nitrogens with one attached hydrogen (secondary N) is 1. The Morgan fingerprint density at radius 1 is 1.38 bits per heavy atom. The zero-order valence-electron chi connectivity index (χ0n) is 16.1. The van der Waals surface area contributed by atoms with Crippen molar-refractivity contribution in [1.29, 1.82) is 0 Å². The zero-order chi connectivity index (χ0) is 20.2. The molecule has 1 atom stereocenters. The molecule has 1 aliphatic heterocycles. The number of hydrogen-bond acceptors (Lipinski definition) is 7. The molecule has 0 spiro atoms. The molecule has 1 aliphatic rings. The molecule has 0 saturated carbocycles. The highest BCUT2D eigenvalue weighted by atomic mass is 35.5. The Balaban J connectivity index is 1.40. The van der Waals surface area contributed by atoms with Crippen LogP contribution in [0.15, 0.2) is 35.6 Å². The van der Waals surface area contributed by atoms with Crippen LogP contribution in [0, 0.1) is 5.92 Å². The van der Waals surface area contributed by atoms with E-state index in [0.717, 1.165) is 33.5 Å². The lowest BCUT2D eigenvalue weighted by Crippen LogP contribution is -2.34. The smallest absolute Gasteiger partial charge is 0.230 e. The average molecular weight is 448 g/mol. The van der Waals surface area contributed by atoms with Crippen molar-refractivity contribution in [2.45, 2.75) is 31.3 Å². The second-order valence-electron chi connectivity index (χ2n) is 7.18. The summed E-state index contributed by atoms with van der Waals surface area (Å²) in [5, 5.41) is 5.37. The first-order chi connectivity index (χ1) is 14.1. The van der Waals surface area contributed by atoms with Crippen LogP contribution in [0.4, 0.5) is 5.13 Å². The first kappa shape index (κ1) is 20.4. The molecule has 29 heavy (non-hydrogen) atoms. The first-order valence-electron chi connectivity index (χ1n) is 9.59. The summed E-state index contributed by atoms with van der Waals surface area (Å²) in [6.45, 7) is 4.75. The van der Waals surface area contributed by atoms with Crippen LogP contribution in [0.25, 0.3) is 10.3 Å². The van der Waals surface area contributed by atoms with Gasteiger partial charge in [-0.05, 0) is 30.4 Å². The minimum atomic E-state index is -0.0590. The summed E-state index contributed by atoms with van der Waals surface area (Å²) < 4.78 is 0.949. The van der Waals surface area contributed by atoms with Crippen LogP contribution in [0.5, 0.6) is 0 Å². The van der Waals surface area contributed by atoms with Gasteiger partial charge in [-0.2, -0.15) is 4.98 Å². The van der Waals surface area contributed by atoms with Gasteiger partial charge in [0.15, 0.2) is 10.8 Å². The highest BCUT2D eigenvalue weighted by Gasteiger charge is 2.21. The number of aromatic nitrogens is 3. The summed E-state index contributed by atoms with van der Waals surface area (Å²) in [5.74, 6) is 0.902. The minimum absolute atomic E-state index is 0.0590. The molecule has 3 heterocycles. The maximum absolute atomic E-state index is 12.3. The number of rotatable bonds is 6. The normalized spacial score (nSPS) is 16.9. The number of anilines is 1. The summed E-state index contributed by atoms with van der Waals surface area (Å²) in [7, 11) is 0. The minimum Gasteiger partial charge on any atom is -0.351 e. The fraction of sp³-hybridized carbons (Fsp3) is 0.400. The van der Waals surface area contributed by atoms with Crippen LogP contribution < -0.4 is 10.2 Å². The van der Waals surface area contributed by atoms with Crippen molar-refractivity contribution in [2.24, 2.45) is 5.92 Å². The van der Waals surface area contributed by atoms with E-state index in [9.17, 15) is 4.79 Å². The Hall–Kier alpha value is -1.90. The van der Waals surface area contributed by atoms with Crippen LogP contribution in [0.1, 0.15) is 25.3 Å². The average Bonchev–Trinajstić information content (AvgIpc) is 3.17. The summed E-state index contributed by atoms with van der Waals surface area (Å²) >= 11 is 9.17. The summed E-state index contributed by atoms with van der Waals surface area (Å²) in [4.78, 5) is 28.0. The van der Waals surface area contributed by atoms with Crippen LogP contribution >= 0.6 is 34.7 Å². The number of amides is 1. The van der Waals surface area contributed by atoms with E-state index in [2.05, 4.69) is 27.1 Å². The number of piperidine rings is 1. The molecule has 9 heteroatoms. The van der Waals surface area contributed by atoms with Crippen LogP contribution in [-0.4, -0.2) is 39.7 Å². The van der Waals surface area contributed by atoms with Crippen LogP contribution in [0.3, 0.4) is 0 Å². The van der Waals surface area contributed by atoms with Crippen molar-refractivity contribution in [3.05, 3.63) is 41.2 Å². The second-order valence-corrected chi connectivity index (χ2v) is 9.53. The maximum atomic E-state index is 12.3. The van der Waals surface area contributed by atoms with Gasteiger partial charge in [-0.15, -0.1) is 0 Å². The summed E-state index contributed by atoms with van der Waals surface area (Å²) in [6, 6.07) is 7.51. The van der Waals surface area contributed by atoms with E-state index in [1.807, 2.05) is 24.3 Å². The molecule has 1 saturated heterocycles. The molecule has 6 nitrogen and oxygen atoms in total. The van der Waals surface area contributed by atoms with Gasteiger partial charge in [-0.3, -0.25) is 4.79 Å². The second kappa shape index (κ2) is 9.28. The molecular weight excluding hydrogens is 426 g/mol. The predicted molar refractivity (Wildman–Crippen MR) is 120 cm³/mol. The molecule has 1 N–H and O–H groups in total. The van der Waals surface area contributed by atoms with Gasteiger partial charge in [0, 0.05) is 24.7 Å². The Morgan fingerprint density at radius 2 is 2.24 bits per heavy atom. The Labute approximate surface area is 183 Å². The van der Waals surface area contributed by atoms with Crippen molar-refractivity contribution in [2.75, 3.05) is 23.7 Å². The molecule has 0 aliphatic carbocycles. The lowest BCUT2D eigenvalue weighted by Gasteiger charge is -2.30. The van der Waals surface area contributed by atoms with Crippen molar-refractivity contribution in [3.63, 3.8) is 0 Å². The van der Waals surface area contributed by atoms with E-state index < -0.39 is 0 Å². The number of carbonyl (C=O) groups excluding carboxylic acids is 1. The zero-order valence-corrected chi connectivity index (χ0v) is 18.5. The number of thiazole rings is 1. The highest BCUT2D eigenvalue weighted by Crippen LogP contribution is 2.35. The Bertz CT molecular complexity index is 1010. The number of halogens is 1. The van der Waals surface area contributed by atoms with Crippen molar-refractivity contribution in [1.82, 2.24) is 20.3 Å². The standard InChI is InChI=1S/C20H22ClN5OS2/c1-13-5-4-8-26(10-13)20-25-18-17(29-20)19(24-12-23-18)28-11-16(27)22-9-14-6-2-3-7-15(14)21/h2-3,6-7,12-13H,4-5,8-11H2,1H3,(H,22,27). The third kappa shape index (κ3) is 4.99. The fourth-order valence-electron chi connectivity index (χ4n) is 3.34. The Kier molecular flexibility index (Phi) is 6.52. The summed E-state index contributed by atoms with van der Waals surface area (Å²) in [6.07, 6.45) is 3.98. The van der Waals surface area contributed by atoms with Gasteiger partial charge >= 0.3 is 0 Å². The number of nitrogens with zero attached hydrogens (tertiary/aromatic N) is 4. The maximum Gasteiger partial charge on any atom is 0.230 e. The number of hydrogen-bond donors (Lipinski definition) is 1. The number of carbonyl (C=O) groups is 1. The molecule has 1 unspecified atom stereocenters. The summed E-state index contributed by atoms with van der Waals surface area (Å²) in [5.41, 5.74) is 1.61. The van der Waals surface area contributed by atoms with Crippen molar-refractivity contribution in [3.8, 4) is 0 Å².